The molecule has 1 aliphatic carbocycles. The number of aryl methyl sites for hydroxylation is 4. The molecule has 6 rings (SSSR count). The number of hydrogen-bond donors (Lipinski definition) is 1. The van der Waals surface area contributed by atoms with Crippen LogP contribution in [0.25, 0.3) is 5.00 Å². The Kier molecular flexibility index (Phi) is 5.53. The second kappa shape index (κ2) is 8.72. The molecule has 4 nitrogen and oxygen atoms in total. The summed E-state index contributed by atoms with van der Waals surface area (Å²) >= 11 is 1.92. The van der Waals surface area contributed by atoms with Crippen LogP contribution in [0, 0.1) is 20.8 Å². The molecule has 2 aromatic heterocycles. The van der Waals surface area contributed by atoms with E-state index in [-0.39, 0.29) is 12.1 Å². The number of thiophene rings is 1. The number of hydrogen-bond acceptors (Lipinski definition) is 2. The van der Waals surface area contributed by atoms with Gasteiger partial charge in [-0.3, -0.25) is 0 Å². The maximum atomic E-state index is 14.0. The molecule has 2 aromatic carbocycles. The highest BCUT2D eigenvalue weighted by Gasteiger charge is 2.36. The van der Waals surface area contributed by atoms with E-state index >= 15 is 0 Å². The van der Waals surface area contributed by atoms with E-state index in [1.54, 1.807) is 0 Å². The van der Waals surface area contributed by atoms with E-state index in [1.807, 2.05) is 22.3 Å². The Morgan fingerprint density at radius 2 is 1.74 bits per heavy atom. The third-order valence-corrected chi connectivity index (χ3v) is 8.92. The Morgan fingerprint density at radius 3 is 2.54 bits per heavy atom. The highest BCUT2D eigenvalue weighted by atomic mass is 32.1. The van der Waals surface area contributed by atoms with Gasteiger partial charge in [0.2, 0.25) is 0 Å². The summed E-state index contributed by atoms with van der Waals surface area (Å²) in [5, 5.41) is 4.51. The summed E-state index contributed by atoms with van der Waals surface area (Å²) < 4.78 is 2.34. The average Bonchev–Trinajstić information content (AvgIpc) is 3.44. The van der Waals surface area contributed by atoms with E-state index in [9.17, 15) is 4.79 Å². The maximum Gasteiger partial charge on any atom is 0.322 e. The van der Waals surface area contributed by atoms with E-state index < -0.39 is 0 Å². The molecule has 3 heterocycles. The predicted molar refractivity (Wildman–Crippen MR) is 144 cm³/mol. The van der Waals surface area contributed by atoms with Crippen LogP contribution in [0.1, 0.15) is 62.8 Å². The molecule has 4 aromatic rings. The second-order valence-corrected chi connectivity index (χ2v) is 11.1. The van der Waals surface area contributed by atoms with Crippen LogP contribution < -0.4 is 5.32 Å². The summed E-state index contributed by atoms with van der Waals surface area (Å²) in [6.07, 6.45) is 6.92. The lowest BCUT2D eigenvalue weighted by Gasteiger charge is -2.31. The first-order valence-corrected chi connectivity index (χ1v) is 13.3. The largest absolute Gasteiger partial charge is 0.322 e. The fraction of sp³-hybridized carbons (Fsp3) is 0.300. The number of aromatic nitrogens is 1. The molecule has 2 amide bonds. The third-order valence-electron chi connectivity index (χ3n) is 7.59. The van der Waals surface area contributed by atoms with Gasteiger partial charge < -0.3 is 14.8 Å². The molecule has 0 unspecified atom stereocenters. The van der Waals surface area contributed by atoms with Crippen molar-refractivity contribution in [1.29, 1.82) is 0 Å². The number of nitrogens with zero attached hydrogens (tertiary/aromatic N) is 2. The summed E-state index contributed by atoms with van der Waals surface area (Å²) in [6, 6.07) is 18.8. The van der Waals surface area contributed by atoms with Gasteiger partial charge >= 0.3 is 6.03 Å². The molecule has 2 aliphatic rings. The molecule has 0 spiro atoms. The Balaban J connectivity index is 1.48. The van der Waals surface area contributed by atoms with Crippen molar-refractivity contribution < 1.29 is 4.79 Å². The van der Waals surface area contributed by atoms with Gasteiger partial charge in [0.15, 0.2) is 0 Å². The van der Waals surface area contributed by atoms with Crippen LogP contribution >= 0.6 is 11.3 Å². The van der Waals surface area contributed by atoms with Crippen LogP contribution in [0.3, 0.4) is 0 Å². The van der Waals surface area contributed by atoms with Gasteiger partial charge in [-0.05, 0) is 93.0 Å². The minimum Gasteiger partial charge on any atom is -0.310 e. The maximum absolute atomic E-state index is 14.0. The van der Waals surface area contributed by atoms with Crippen molar-refractivity contribution in [2.45, 2.75) is 59.0 Å². The number of amides is 2. The zero-order chi connectivity index (χ0) is 24.1. The quantitative estimate of drug-likeness (QED) is 0.317. The fourth-order valence-electron chi connectivity index (χ4n) is 5.50. The average molecular weight is 482 g/mol. The van der Waals surface area contributed by atoms with Gasteiger partial charge in [-0.15, -0.1) is 11.3 Å². The standard InChI is InChI=1S/C30H31N3OS/c1-19-10-13-22(14-11-19)28-26-8-6-16-32(26)29-25(24-7-4-5-9-27(24)35-29)18-33(28)30(34)31-23-15-12-20(2)21(3)17-23/h6,8,10-17,28H,4-5,7,9,18H2,1-3H3,(H,31,34)/t28-/m0/s1. The van der Waals surface area contributed by atoms with Crippen LogP contribution in [-0.4, -0.2) is 15.5 Å². The van der Waals surface area contributed by atoms with Crippen molar-refractivity contribution in [3.05, 3.63) is 105 Å². The van der Waals surface area contributed by atoms with E-state index in [0.717, 1.165) is 29.8 Å². The molecule has 1 atom stereocenters. The lowest BCUT2D eigenvalue weighted by Crippen LogP contribution is -2.38. The second-order valence-electron chi connectivity index (χ2n) is 9.97. The number of rotatable bonds is 2. The Bertz CT molecular complexity index is 1410. The van der Waals surface area contributed by atoms with E-state index in [4.69, 9.17) is 0 Å². The molecular formula is C30H31N3OS. The van der Waals surface area contributed by atoms with Gasteiger partial charge in [0.1, 0.15) is 5.00 Å². The molecule has 1 aliphatic heterocycles. The molecule has 0 radical (unpaired) electrons. The van der Waals surface area contributed by atoms with Crippen molar-refractivity contribution in [2.75, 3.05) is 5.32 Å². The number of carbonyl (C=O) groups is 1. The van der Waals surface area contributed by atoms with Gasteiger partial charge in [-0.25, -0.2) is 4.79 Å². The summed E-state index contributed by atoms with van der Waals surface area (Å²) in [5.41, 5.74) is 9.54. The monoisotopic (exact) mass is 481 g/mol. The van der Waals surface area contributed by atoms with Crippen LogP contribution in [0.15, 0.2) is 60.8 Å². The normalized spacial score (nSPS) is 16.8. The van der Waals surface area contributed by atoms with E-state index in [1.165, 1.54) is 50.5 Å². The lowest BCUT2D eigenvalue weighted by atomic mass is 9.95. The van der Waals surface area contributed by atoms with Gasteiger partial charge in [0.05, 0.1) is 18.3 Å². The molecule has 1 N–H and O–H groups in total. The molecular weight excluding hydrogens is 450 g/mol. The summed E-state index contributed by atoms with van der Waals surface area (Å²) in [7, 11) is 0. The van der Waals surface area contributed by atoms with Crippen molar-refractivity contribution in [1.82, 2.24) is 9.47 Å². The molecule has 5 heteroatoms. The minimum atomic E-state index is -0.170. The smallest absolute Gasteiger partial charge is 0.310 e. The molecule has 0 fully saturated rings. The summed E-state index contributed by atoms with van der Waals surface area (Å²) in [6.45, 7) is 6.90. The fourth-order valence-corrected chi connectivity index (χ4v) is 6.90. The Labute approximate surface area is 211 Å². The topological polar surface area (TPSA) is 37.3 Å². The molecule has 0 bridgehead atoms. The molecule has 0 saturated heterocycles. The molecule has 0 saturated carbocycles. The van der Waals surface area contributed by atoms with Crippen molar-refractivity contribution in [2.24, 2.45) is 0 Å². The number of carbonyl (C=O) groups excluding carboxylic acids is 1. The zero-order valence-electron chi connectivity index (χ0n) is 20.6. The van der Waals surface area contributed by atoms with Crippen LogP contribution in [-0.2, 0) is 19.4 Å². The van der Waals surface area contributed by atoms with Crippen LogP contribution in [0.4, 0.5) is 10.5 Å². The summed E-state index contributed by atoms with van der Waals surface area (Å²) in [4.78, 5) is 17.6. The van der Waals surface area contributed by atoms with E-state index in [0.29, 0.717) is 6.54 Å². The van der Waals surface area contributed by atoms with Crippen LogP contribution in [0.2, 0.25) is 0 Å². The zero-order valence-corrected chi connectivity index (χ0v) is 21.4. The number of nitrogens with one attached hydrogen (secondary N) is 1. The van der Waals surface area contributed by atoms with Gasteiger partial charge in [0.25, 0.3) is 0 Å². The third kappa shape index (κ3) is 3.88. The number of anilines is 1. The van der Waals surface area contributed by atoms with Crippen molar-refractivity contribution in [3.8, 4) is 5.00 Å². The van der Waals surface area contributed by atoms with E-state index in [2.05, 4.69) is 85.4 Å². The first kappa shape index (κ1) is 22.2. The van der Waals surface area contributed by atoms with Gasteiger partial charge in [-0.2, -0.15) is 0 Å². The summed E-state index contributed by atoms with van der Waals surface area (Å²) in [5.74, 6) is 0. The number of benzene rings is 2. The number of fused-ring (bicyclic) bond motifs is 5. The van der Waals surface area contributed by atoms with Gasteiger partial charge in [-0.1, -0.05) is 35.9 Å². The SMILES string of the molecule is Cc1ccc([C@H]2c3cccn3-c3sc4c(c3CN2C(=O)Nc2ccc(C)c(C)c2)CCCC4)cc1. The number of urea groups is 1. The lowest BCUT2D eigenvalue weighted by molar-refractivity contribution is 0.194. The van der Waals surface area contributed by atoms with Crippen molar-refractivity contribution in [3.63, 3.8) is 0 Å². The predicted octanol–water partition coefficient (Wildman–Crippen LogP) is 7.48. The molecule has 35 heavy (non-hydrogen) atoms. The molecule has 178 valence electrons. The highest BCUT2D eigenvalue weighted by molar-refractivity contribution is 7.15. The minimum absolute atomic E-state index is 0.0600. The van der Waals surface area contributed by atoms with Gasteiger partial charge in [0, 0.05) is 22.3 Å². The Hall–Kier alpha value is -3.31. The Morgan fingerprint density at radius 1 is 0.943 bits per heavy atom. The first-order valence-electron chi connectivity index (χ1n) is 12.5. The van der Waals surface area contributed by atoms with Crippen LogP contribution in [0.5, 0.6) is 0 Å². The first-order chi connectivity index (χ1) is 17.0. The highest BCUT2D eigenvalue weighted by Crippen LogP contribution is 2.44. The van der Waals surface area contributed by atoms with Crippen molar-refractivity contribution >= 4 is 23.1 Å².